The van der Waals surface area contributed by atoms with Gasteiger partial charge in [0.2, 0.25) is 5.82 Å². The predicted octanol–water partition coefficient (Wildman–Crippen LogP) is 4.76. The van der Waals surface area contributed by atoms with E-state index < -0.39 is 42.1 Å². The second-order valence-corrected chi connectivity index (χ2v) is 7.60. The van der Waals surface area contributed by atoms with Crippen LogP contribution in [-0.2, 0) is 0 Å². The predicted molar refractivity (Wildman–Crippen MR) is 110 cm³/mol. The highest BCUT2D eigenvalue weighted by atomic mass is 35.5. The molecule has 0 unspecified atom stereocenters. The lowest BCUT2D eigenvalue weighted by atomic mass is 9.99. The SMILES string of the molecule is C[C@@H]1N=C(c2c(F)cccc2F)c2c(ccc(Cl)c2Cl)-n2nc(C(=O)NCC(F)F)nc21. The minimum Gasteiger partial charge on any atom is -0.344 e. The van der Waals surface area contributed by atoms with Crippen LogP contribution in [0.25, 0.3) is 5.69 Å². The molecule has 0 aliphatic carbocycles. The van der Waals surface area contributed by atoms with Gasteiger partial charge in [0.1, 0.15) is 17.7 Å². The molecular weight excluding hydrogens is 473 g/mol. The summed E-state index contributed by atoms with van der Waals surface area (Å²) in [6.07, 6.45) is -2.75. The summed E-state index contributed by atoms with van der Waals surface area (Å²) < 4.78 is 55.4. The average molecular weight is 486 g/mol. The van der Waals surface area contributed by atoms with Gasteiger partial charge in [0.25, 0.3) is 12.3 Å². The van der Waals surface area contributed by atoms with Crippen LogP contribution < -0.4 is 5.32 Å². The fraction of sp³-hybridized carbons (Fsp3) is 0.200. The van der Waals surface area contributed by atoms with Crippen molar-refractivity contribution in [2.24, 2.45) is 4.99 Å². The second kappa shape index (κ2) is 8.51. The Hall–Kier alpha value is -2.98. The van der Waals surface area contributed by atoms with Crippen LogP contribution in [0.15, 0.2) is 35.3 Å². The number of rotatable bonds is 4. The van der Waals surface area contributed by atoms with E-state index in [0.717, 1.165) is 12.1 Å². The fourth-order valence-electron chi connectivity index (χ4n) is 3.29. The lowest BCUT2D eigenvalue weighted by Gasteiger charge is -2.14. The largest absolute Gasteiger partial charge is 0.344 e. The number of hydrogen-bond acceptors (Lipinski definition) is 4. The number of carbonyl (C=O) groups is 1. The van der Waals surface area contributed by atoms with Crippen molar-refractivity contribution in [3.63, 3.8) is 0 Å². The van der Waals surface area contributed by atoms with E-state index in [1.165, 1.54) is 22.9 Å². The standard InChI is InChI=1S/C20H13Cl2F4N5O/c1-8-19-29-18(20(32)27-7-13(25)26)30-31(19)12-6-5-9(21)16(22)15(12)17(28-8)14-10(23)3-2-4-11(14)24/h2-6,8,13H,7H2,1H3,(H,27,32)/t8-/m0/s1. The Morgan fingerprint density at radius 3 is 2.50 bits per heavy atom. The van der Waals surface area contributed by atoms with Gasteiger partial charge in [-0.05, 0) is 31.2 Å². The molecular formula is C20H13Cl2F4N5O. The molecule has 0 saturated carbocycles. The maximum absolute atomic E-state index is 14.6. The molecule has 6 nitrogen and oxygen atoms in total. The van der Waals surface area contributed by atoms with E-state index in [1.807, 2.05) is 5.32 Å². The number of carbonyl (C=O) groups excluding carboxylic acids is 1. The summed E-state index contributed by atoms with van der Waals surface area (Å²) in [6, 6.07) is 5.46. The van der Waals surface area contributed by atoms with E-state index in [1.54, 1.807) is 6.92 Å². The minimum absolute atomic E-state index is 0.0372. The summed E-state index contributed by atoms with van der Waals surface area (Å²) in [4.78, 5) is 20.7. The van der Waals surface area contributed by atoms with Gasteiger partial charge in [0.15, 0.2) is 5.82 Å². The molecule has 3 aromatic rings. The lowest BCUT2D eigenvalue weighted by Crippen LogP contribution is -2.29. The van der Waals surface area contributed by atoms with Crippen molar-refractivity contribution in [1.29, 1.82) is 0 Å². The molecule has 1 amide bonds. The number of halogens is 6. The molecule has 32 heavy (non-hydrogen) atoms. The number of aromatic nitrogens is 3. The molecule has 1 aromatic heterocycles. The summed E-state index contributed by atoms with van der Waals surface area (Å²) in [6.45, 7) is 0.701. The van der Waals surface area contributed by atoms with Gasteiger partial charge < -0.3 is 5.32 Å². The van der Waals surface area contributed by atoms with Crippen LogP contribution in [0.3, 0.4) is 0 Å². The van der Waals surface area contributed by atoms with Crippen molar-refractivity contribution in [1.82, 2.24) is 20.1 Å². The molecule has 2 heterocycles. The summed E-state index contributed by atoms with van der Waals surface area (Å²) in [5.74, 6) is -2.88. The van der Waals surface area contributed by atoms with E-state index in [2.05, 4.69) is 15.1 Å². The topological polar surface area (TPSA) is 72.2 Å². The Morgan fingerprint density at radius 1 is 1.16 bits per heavy atom. The van der Waals surface area contributed by atoms with E-state index in [-0.39, 0.29) is 38.7 Å². The maximum Gasteiger partial charge on any atom is 0.291 e. The lowest BCUT2D eigenvalue weighted by molar-refractivity contribution is 0.0882. The molecule has 4 rings (SSSR count). The zero-order valence-corrected chi connectivity index (χ0v) is 17.7. The molecule has 1 aliphatic rings. The van der Waals surface area contributed by atoms with E-state index in [4.69, 9.17) is 23.2 Å². The van der Waals surface area contributed by atoms with Crippen molar-refractivity contribution in [3.05, 3.63) is 74.8 Å². The van der Waals surface area contributed by atoms with Gasteiger partial charge in [-0.3, -0.25) is 9.79 Å². The summed E-state index contributed by atoms with van der Waals surface area (Å²) in [7, 11) is 0. The van der Waals surface area contributed by atoms with Crippen LogP contribution in [-0.4, -0.2) is 39.4 Å². The molecule has 1 atom stereocenters. The molecule has 0 spiro atoms. The van der Waals surface area contributed by atoms with E-state index in [0.29, 0.717) is 0 Å². The average Bonchev–Trinajstić information content (AvgIpc) is 3.14. The van der Waals surface area contributed by atoms with Crippen molar-refractivity contribution in [2.75, 3.05) is 6.54 Å². The normalized spacial score (nSPS) is 15.1. The van der Waals surface area contributed by atoms with Gasteiger partial charge in [0.05, 0.1) is 33.6 Å². The highest BCUT2D eigenvalue weighted by molar-refractivity contribution is 6.45. The maximum atomic E-state index is 14.6. The third-order valence-corrected chi connectivity index (χ3v) is 5.49. The van der Waals surface area contributed by atoms with Gasteiger partial charge in [-0.2, -0.15) is 0 Å². The molecule has 0 bridgehead atoms. The number of alkyl halides is 2. The van der Waals surface area contributed by atoms with Crippen LogP contribution >= 0.6 is 23.2 Å². The Bertz CT molecular complexity index is 1240. The molecule has 0 saturated heterocycles. The summed E-state index contributed by atoms with van der Waals surface area (Å²) >= 11 is 12.6. The van der Waals surface area contributed by atoms with Crippen molar-refractivity contribution < 1.29 is 22.4 Å². The zero-order chi connectivity index (χ0) is 23.2. The monoisotopic (exact) mass is 485 g/mol. The molecule has 2 aromatic carbocycles. The Balaban J connectivity index is 1.94. The molecule has 1 N–H and O–H groups in total. The minimum atomic E-state index is -2.75. The highest BCUT2D eigenvalue weighted by Gasteiger charge is 2.31. The third-order valence-electron chi connectivity index (χ3n) is 4.69. The molecule has 0 fully saturated rings. The van der Waals surface area contributed by atoms with Crippen LogP contribution in [0, 0.1) is 11.6 Å². The van der Waals surface area contributed by atoms with Gasteiger partial charge in [0, 0.05) is 5.56 Å². The molecule has 1 aliphatic heterocycles. The number of benzene rings is 2. The van der Waals surface area contributed by atoms with Crippen molar-refractivity contribution in [2.45, 2.75) is 19.4 Å². The first-order chi connectivity index (χ1) is 15.2. The number of aliphatic imine (C=N–C) groups is 1. The number of hydrogen-bond donors (Lipinski definition) is 1. The first kappa shape index (κ1) is 22.2. The molecule has 0 radical (unpaired) electrons. The number of amides is 1. The van der Waals surface area contributed by atoms with Gasteiger partial charge in [-0.1, -0.05) is 29.3 Å². The Morgan fingerprint density at radius 2 is 1.84 bits per heavy atom. The Kier molecular flexibility index (Phi) is 5.91. The zero-order valence-electron chi connectivity index (χ0n) is 16.2. The number of fused-ring (bicyclic) bond motifs is 3. The first-order valence-electron chi connectivity index (χ1n) is 9.23. The van der Waals surface area contributed by atoms with Gasteiger partial charge >= 0.3 is 0 Å². The smallest absolute Gasteiger partial charge is 0.291 e. The quantitative estimate of drug-likeness (QED) is 0.541. The second-order valence-electron chi connectivity index (χ2n) is 6.81. The number of nitrogens with zero attached hydrogens (tertiary/aromatic N) is 4. The van der Waals surface area contributed by atoms with Gasteiger partial charge in [-0.15, -0.1) is 5.10 Å². The highest BCUT2D eigenvalue weighted by Crippen LogP contribution is 2.37. The fourth-order valence-corrected chi connectivity index (χ4v) is 3.70. The van der Waals surface area contributed by atoms with Crippen LogP contribution in [0.5, 0.6) is 0 Å². The van der Waals surface area contributed by atoms with Crippen LogP contribution in [0.4, 0.5) is 17.6 Å². The molecule has 166 valence electrons. The van der Waals surface area contributed by atoms with Crippen molar-refractivity contribution in [3.8, 4) is 5.69 Å². The van der Waals surface area contributed by atoms with Crippen LogP contribution in [0.1, 0.15) is 40.5 Å². The first-order valence-corrected chi connectivity index (χ1v) is 9.98. The van der Waals surface area contributed by atoms with Crippen molar-refractivity contribution >= 4 is 34.8 Å². The van der Waals surface area contributed by atoms with E-state index >= 15 is 0 Å². The van der Waals surface area contributed by atoms with Gasteiger partial charge in [-0.25, -0.2) is 27.2 Å². The van der Waals surface area contributed by atoms with E-state index in [9.17, 15) is 22.4 Å². The third kappa shape index (κ3) is 3.84. The summed E-state index contributed by atoms with van der Waals surface area (Å²) in [5, 5.41) is 6.19. The van der Waals surface area contributed by atoms with Crippen LogP contribution in [0.2, 0.25) is 10.0 Å². The number of nitrogens with one attached hydrogen (secondary N) is 1. The summed E-state index contributed by atoms with van der Waals surface area (Å²) in [5.41, 5.74) is -0.226. The Labute approximate surface area is 188 Å². The molecule has 12 heteroatoms.